The molecule has 0 radical (unpaired) electrons. The average molecular weight is 998 g/mol. The standard InChI is InChI=1S/C65H120O6/c1-4-7-10-13-16-19-22-25-28-30-31-32-33-35-37-40-43-46-49-52-55-58-64(67)70-61-62(60-69-63(66)57-54-51-48-45-42-39-36-27-24-21-18-15-12-9-6-3)71-65(68)59-56-53-50-47-44-41-38-34-29-26-23-20-17-14-11-8-5-2/h17,20,26,29,38,41,62H,4-16,18-19,21-25,27-28,30-37,39-40,42-61H2,1-3H3/b20-17-,29-26-,41-38-/t62-/m0/s1. The van der Waals surface area contributed by atoms with Gasteiger partial charge in [-0.05, 0) is 57.8 Å². The lowest BCUT2D eigenvalue weighted by molar-refractivity contribution is -0.167. The number of esters is 3. The second-order valence-electron chi connectivity index (χ2n) is 21.3. The number of hydrogen-bond acceptors (Lipinski definition) is 6. The maximum absolute atomic E-state index is 12.9. The van der Waals surface area contributed by atoms with Crippen LogP contribution in [0.1, 0.15) is 342 Å². The van der Waals surface area contributed by atoms with E-state index in [1.165, 1.54) is 218 Å². The zero-order valence-corrected chi connectivity index (χ0v) is 47.8. The van der Waals surface area contributed by atoms with Crippen LogP contribution in [-0.4, -0.2) is 37.2 Å². The van der Waals surface area contributed by atoms with Crippen LogP contribution >= 0.6 is 0 Å². The van der Waals surface area contributed by atoms with Gasteiger partial charge in [0, 0.05) is 19.3 Å². The molecule has 0 heterocycles. The van der Waals surface area contributed by atoms with E-state index in [1.807, 2.05) is 0 Å². The predicted octanol–water partition coefficient (Wildman–Crippen LogP) is 21.2. The highest BCUT2D eigenvalue weighted by Gasteiger charge is 2.19. The van der Waals surface area contributed by atoms with Crippen molar-refractivity contribution in [2.24, 2.45) is 0 Å². The van der Waals surface area contributed by atoms with Gasteiger partial charge in [0.1, 0.15) is 13.2 Å². The van der Waals surface area contributed by atoms with Crippen LogP contribution in [0.4, 0.5) is 0 Å². The Balaban J connectivity index is 4.33. The number of rotatable bonds is 58. The molecule has 0 unspecified atom stereocenters. The van der Waals surface area contributed by atoms with Crippen molar-refractivity contribution in [2.75, 3.05) is 13.2 Å². The lowest BCUT2D eigenvalue weighted by Gasteiger charge is -2.18. The van der Waals surface area contributed by atoms with Gasteiger partial charge in [0.25, 0.3) is 0 Å². The molecule has 1 atom stereocenters. The third kappa shape index (κ3) is 58.4. The van der Waals surface area contributed by atoms with E-state index in [4.69, 9.17) is 14.2 Å². The Hall–Kier alpha value is -2.37. The van der Waals surface area contributed by atoms with E-state index in [2.05, 4.69) is 57.2 Å². The summed E-state index contributed by atoms with van der Waals surface area (Å²) in [7, 11) is 0. The van der Waals surface area contributed by atoms with Crippen molar-refractivity contribution >= 4 is 17.9 Å². The van der Waals surface area contributed by atoms with E-state index in [1.54, 1.807) is 0 Å². The summed E-state index contributed by atoms with van der Waals surface area (Å²) in [6.07, 6.45) is 72.9. The first-order chi connectivity index (χ1) is 35.0. The van der Waals surface area contributed by atoms with Gasteiger partial charge in [-0.3, -0.25) is 14.4 Å². The zero-order chi connectivity index (χ0) is 51.4. The summed E-state index contributed by atoms with van der Waals surface area (Å²) in [5.74, 6) is -0.873. The molecule has 0 saturated carbocycles. The summed E-state index contributed by atoms with van der Waals surface area (Å²) in [6.45, 7) is 6.66. The Morgan fingerprint density at radius 3 is 0.817 bits per heavy atom. The largest absolute Gasteiger partial charge is 0.462 e. The van der Waals surface area contributed by atoms with Gasteiger partial charge in [-0.25, -0.2) is 0 Å². The minimum absolute atomic E-state index is 0.0761. The average Bonchev–Trinajstić information content (AvgIpc) is 3.37. The highest BCUT2D eigenvalue weighted by Crippen LogP contribution is 2.18. The van der Waals surface area contributed by atoms with E-state index in [0.717, 1.165) is 83.5 Å². The number of hydrogen-bond donors (Lipinski definition) is 0. The maximum atomic E-state index is 12.9. The van der Waals surface area contributed by atoms with Crippen molar-refractivity contribution in [3.63, 3.8) is 0 Å². The van der Waals surface area contributed by atoms with Crippen molar-refractivity contribution in [2.45, 2.75) is 348 Å². The zero-order valence-electron chi connectivity index (χ0n) is 47.8. The van der Waals surface area contributed by atoms with Gasteiger partial charge in [-0.1, -0.05) is 301 Å². The molecule has 0 aliphatic carbocycles. The van der Waals surface area contributed by atoms with E-state index >= 15 is 0 Å². The van der Waals surface area contributed by atoms with Crippen LogP contribution in [0.5, 0.6) is 0 Å². The number of ether oxygens (including phenoxy) is 3. The van der Waals surface area contributed by atoms with Crippen molar-refractivity contribution in [1.29, 1.82) is 0 Å². The smallest absolute Gasteiger partial charge is 0.306 e. The molecule has 0 bridgehead atoms. The lowest BCUT2D eigenvalue weighted by Crippen LogP contribution is -2.30. The molecule has 0 fully saturated rings. The molecular weight excluding hydrogens is 877 g/mol. The van der Waals surface area contributed by atoms with Gasteiger partial charge in [0.15, 0.2) is 6.10 Å². The summed E-state index contributed by atoms with van der Waals surface area (Å²) < 4.78 is 16.9. The molecule has 0 aromatic rings. The first-order valence-corrected chi connectivity index (χ1v) is 31.5. The Morgan fingerprint density at radius 1 is 0.282 bits per heavy atom. The van der Waals surface area contributed by atoms with Crippen molar-refractivity contribution in [1.82, 2.24) is 0 Å². The molecule has 6 nitrogen and oxygen atoms in total. The molecule has 0 aromatic heterocycles. The fourth-order valence-corrected chi connectivity index (χ4v) is 9.39. The Morgan fingerprint density at radius 2 is 0.507 bits per heavy atom. The summed E-state index contributed by atoms with van der Waals surface area (Å²) in [5.41, 5.74) is 0. The third-order valence-electron chi connectivity index (χ3n) is 14.1. The molecule has 0 spiro atoms. The monoisotopic (exact) mass is 997 g/mol. The molecular formula is C65H120O6. The molecule has 71 heavy (non-hydrogen) atoms. The Kier molecular flexibility index (Phi) is 58.2. The van der Waals surface area contributed by atoms with Crippen molar-refractivity contribution < 1.29 is 28.6 Å². The van der Waals surface area contributed by atoms with Gasteiger partial charge in [0.2, 0.25) is 0 Å². The second kappa shape index (κ2) is 60.2. The van der Waals surface area contributed by atoms with Crippen LogP contribution in [0.15, 0.2) is 36.5 Å². The van der Waals surface area contributed by atoms with Crippen LogP contribution in [0.3, 0.4) is 0 Å². The highest BCUT2D eigenvalue weighted by molar-refractivity contribution is 5.71. The van der Waals surface area contributed by atoms with Gasteiger partial charge in [0.05, 0.1) is 0 Å². The van der Waals surface area contributed by atoms with Crippen molar-refractivity contribution in [3.05, 3.63) is 36.5 Å². The maximum Gasteiger partial charge on any atom is 0.306 e. The molecule has 6 heteroatoms. The minimum Gasteiger partial charge on any atom is -0.462 e. The fraction of sp³-hybridized carbons (Fsp3) is 0.862. The summed E-state index contributed by atoms with van der Waals surface area (Å²) in [4.78, 5) is 38.3. The SMILES string of the molecule is CCCCC/C=C\C/C=C\C/C=C\CCCCCCC(=O)O[C@@H](COC(=O)CCCCCCCCCCCCCCCCC)COC(=O)CCCCCCCCCCCCCCCCCCCCCCC. The van der Waals surface area contributed by atoms with E-state index < -0.39 is 6.10 Å². The molecule has 0 amide bonds. The molecule has 0 aliphatic rings. The van der Waals surface area contributed by atoms with Gasteiger partial charge in [-0.15, -0.1) is 0 Å². The number of allylic oxidation sites excluding steroid dienone is 6. The van der Waals surface area contributed by atoms with Gasteiger partial charge < -0.3 is 14.2 Å². The van der Waals surface area contributed by atoms with Crippen LogP contribution in [0.25, 0.3) is 0 Å². The first kappa shape index (κ1) is 68.6. The Bertz CT molecular complexity index is 1190. The number of carbonyl (C=O) groups is 3. The van der Waals surface area contributed by atoms with Gasteiger partial charge in [-0.2, -0.15) is 0 Å². The van der Waals surface area contributed by atoms with Gasteiger partial charge >= 0.3 is 17.9 Å². The van der Waals surface area contributed by atoms with E-state index in [-0.39, 0.29) is 31.1 Å². The second-order valence-corrected chi connectivity index (χ2v) is 21.3. The summed E-state index contributed by atoms with van der Waals surface area (Å²) in [5, 5.41) is 0. The number of unbranched alkanes of at least 4 members (excludes halogenated alkanes) is 41. The van der Waals surface area contributed by atoms with Crippen molar-refractivity contribution in [3.8, 4) is 0 Å². The summed E-state index contributed by atoms with van der Waals surface area (Å²) in [6, 6.07) is 0. The third-order valence-corrected chi connectivity index (χ3v) is 14.1. The van der Waals surface area contributed by atoms with E-state index in [0.29, 0.717) is 19.3 Å². The summed E-state index contributed by atoms with van der Waals surface area (Å²) >= 11 is 0. The van der Waals surface area contributed by atoms with Crippen LogP contribution < -0.4 is 0 Å². The number of carbonyl (C=O) groups excluding carboxylic acids is 3. The predicted molar refractivity (Wildman–Crippen MR) is 307 cm³/mol. The van der Waals surface area contributed by atoms with Crippen LogP contribution in [0.2, 0.25) is 0 Å². The quantitative estimate of drug-likeness (QED) is 0.0261. The minimum atomic E-state index is -0.780. The first-order valence-electron chi connectivity index (χ1n) is 31.5. The topological polar surface area (TPSA) is 78.9 Å². The molecule has 0 N–H and O–H groups in total. The molecule has 0 aromatic carbocycles. The normalized spacial score (nSPS) is 12.2. The molecule has 0 saturated heterocycles. The fourth-order valence-electron chi connectivity index (χ4n) is 9.39. The van der Waals surface area contributed by atoms with E-state index in [9.17, 15) is 14.4 Å². The lowest BCUT2D eigenvalue weighted by atomic mass is 10.0. The van der Waals surface area contributed by atoms with Crippen LogP contribution in [0, 0.1) is 0 Å². The Labute approximate surface area is 442 Å². The molecule has 416 valence electrons. The molecule has 0 rings (SSSR count). The highest BCUT2D eigenvalue weighted by atomic mass is 16.6. The molecule has 0 aliphatic heterocycles. The van der Waals surface area contributed by atoms with Crippen LogP contribution in [-0.2, 0) is 28.6 Å².